The van der Waals surface area contributed by atoms with Crippen LogP contribution in [0.2, 0.25) is 5.02 Å². The highest BCUT2D eigenvalue weighted by Crippen LogP contribution is 2.24. The van der Waals surface area contributed by atoms with Gasteiger partial charge in [-0.25, -0.2) is 4.79 Å². The zero-order chi connectivity index (χ0) is 19.6. The lowest BCUT2D eigenvalue weighted by atomic mass is 10.0. The normalized spacial score (nSPS) is 11.1. The van der Waals surface area contributed by atoms with E-state index < -0.39 is 0 Å². The summed E-state index contributed by atoms with van der Waals surface area (Å²) in [5, 5.41) is 4.34. The topological polar surface area (TPSA) is 62.6 Å². The Kier molecular flexibility index (Phi) is 5.63. The number of benzene rings is 2. The maximum absolute atomic E-state index is 12.3. The Hall–Kier alpha value is -2.63. The molecule has 1 heterocycles. The molecule has 1 amide bonds. The molecule has 0 radical (unpaired) electrons. The number of carbonyl (C=O) groups is 1. The van der Waals surface area contributed by atoms with Crippen molar-refractivity contribution in [3.63, 3.8) is 0 Å². The lowest BCUT2D eigenvalue weighted by Crippen LogP contribution is -2.30. The molecule has 0 saturated heterocycles. The molecule has 27 heavy (non-hydrogen) atoms. The van der Waals surface area contributed by atoms with Crippen molar-refractivity contribution < 1.29 is 9.21 Å². The molecule has 1 N–H and O–H groups in total. The van der Waals surface area contributed by atoms with E-state index in [1.54, 1.807) is 24.3 Å². The van der Waals surface area contributed by atoms with Crippen LogP contribution in [0.1, 0.15) is 16.7 Å². The second kappa shape index (κ2) is 7.94. The number of anilines is 1. The van der Waals surface area contributed by atoms with E-state index in [4.69, 9.17) is 16.0 Å². The number of aryl methyl sites for hydroxylation is 2. The van der Waals surface area contributed by atoms with Gasteiger partial charge in [-0.2, -0.15) is 0 Å². The van der Waals surface area contributed by atoms with Gasteiger partial charge in [0.1, 0.15) is 5.58 Å². The van der Waals surface area contributed by atoms with Gasteiger partial charge in [-0.1, -0.05) is 23.7 Å². The van der Waals surface area contributed by atoms with Crippen LogP contribution < -0.4 is 10.9 Å². The van der Waals surface area contributed by atoms with Crippen LogP contribution in [-0.2, 0) is 11.3 Å². The highest BCUT2D eigenvalue weighted by molar-refractivity contribution is 6.30. The van der Waals surface area contributed by atoms with Gasteiger partial charge in [-0.05, 0) is 61.9 Å². The lowest BCUT2D eigenvalue weighted by Gasteiger charge is -2.17. The highest BCUT2D eigenvalue weighted by atomic mass is 35.5. The van der Waals surface area contributed by atoms with Gasteiger partial charge in [-0.3, -0.25) is 9.69 Å². The summed E-state index contributed by atoms with van der Waals surface area (Å²) in [6.45, 7) is 4.57. The smallest absolute Gasteiger partial charge is 0.336 e. The number of amides is 1. The summed E-state index contributed by atoms with van der Waals surface area (Å²) in [5.74, 6) is -0.140. The van der Waals surface area contributed by atoms with Crippen molar-refractivity contribution >= 4 is 34.2 Å². The van der Waals surface area contributed by atoms with E-state index in [1.807, 2.05) is 37.9 Å². The molecule has 0 atom stereocenters. The fourth-order valence-electron chi connectivity index (χ4n) is 2.98. The standard InChI is InChI=1S/C21H21ClN2O3/c1-13-4-9-18-15(10-20(26)27-21(18)14(13)2)11-24(3)12-19(25)23-17-7-5-16(22)6-8-17/h4-10H,11-12H2,1-3H3,(H,23,25). The van der Waals surface area contributed by atoms with Gasteiger partial charge in [0.05, 0.1) is 6.54 Å². The molecule has 5 nitrogen and oxygen atoms in total. The highest BCUT2D eigenvalue weighted by Gasteiger charge is 2.13. The number of hydrogen-bond donors (Lipinski definition) is 1. The van der Waals surface area contributed by atoms with E-state index >= 15 is 0 Å². The van der Waals surface area contributed by atoms with E-state index in [1.165, 1.54) is 6.07 Å². The first-order chi connectivity index (χ1) is 12.8. The van der Waals surface area contributed by atoms with Crippen LogP contribution in [0.25, 0.3) is 11.0 Å². The summed E-state index contributed by atoms with van der Waals surface area (Å²) < 4.78 is 5.40. The number of rotatable bonds is 5. The Balaban J connectivity index is 1.75. The zero-order valence-electron chi connectivity index (χ0n) is 15.5. The predicted molar refractivity (Wildman–Crippen MR) is 108 cm³/mol. The molecule has 0 saturated carbocycles. The van der Waals surface area contributed by atoms with Crippen molar-refractivity contribution in [1.82, 2.24) is 4.90 Å². The van der Waals surface area contributed by atoms with Crippen molar-refractivity contribution in [2.24, 2.45) is 0 Å². The zero-order valence-corrected chi connectivity index (χ0v) is 16.3. The first-order valence-electron chi connectivity index (χ1n) is 8.60. The molecule has 0 bridgehead atoms. The molecule has 140 valence electrons. The van der Waals surface area contributed by atoms with Gasteiger partial charge in [0, 0.05) is 28.7 Å². The van der Waals surface area contributed by atoms with Crippen molar-refractivity contribution in [3.05, 3.63) is 74.6 Å². The molecule has 0 aliphatic heterocycles. The van der Waals surface area contributed by atoms with Crippen LogP contribution in [-0.4, -0.2) is 24.4 Å². The molecule has 6 heteroatoms. The Labute approximate surface area is 162 Å². The number of likely N-dealkylation sites (N-methyl/N-ethyl adjacent to an activating group) is 1. The second-order valence-corrected chi connectivity index (χ2v) is 7.14. The van der Waals surface area contributed by atoms with Gasteiger partial charge in [0.25, 0.3) is 0 Å². The fraction of sp³-hybridized carbons (Fsp3) is 0.238. The van der Waals surface area contributed by atoms with Crippen molar-refractivity contribution in [2.45, 2.75) is 20.4 Å². The minimum Gasteiger partial charge on any atom is -0.422 e. The van der Waals surface area contributed by atoms with E-state index in [0.29, 0.717) is 22.8 Å². The minimum absolute atomic E-state index is 0.140. The monoisotopic (exact) mass is 384 g/mol. The van der Waals surface area contributed by atoms with Crippen LogP contribution >= 0.6 is 11.6 Å². The summed E-state index contributed by atoms with van der Waals surface area (Å²) in [4.78, 5) is 26.1. The summed E-state index contributed by atoms with van der Waals surface area (Å²) >= 11 is 5.85. The third kappa shape index (κ3) is 4.56. The average Bonchev–Trinajstić information content (AvgIpc) is 2.60. The van der Waals surface area contributed by atoms with E-state index in [2.05, 4.69) is 5.32 Å². The van der Waals surface area contributed by atoms with Crippen LogP contribution in [0.4, 0.5) is 5.69 Å². The molecule has 0 aliphatic carbocycles. The largest absolute Gasteiger partial charge is 0.422 e. The Bertz CT molecular complexity index is 1040. The first-order valence-corrected chi connectivity index (χ1v) is 8.98. The summed E-state index contributed by atoms with van der Waals surface area (Å²) in [7, 11) is 1.84. The lowest BCUT2D eigenvalue weighted by molar-refractivity contribution is -0.117. The molecule has 3 rings (SSSR count). The molecular weight excluding hydrogens is 364 g/mol. The fourth-order valence-corrected chi connectivity index (χ4v) is 3.11. The molecule has 3 aromatic rings. The predicted octanol–water partition coefficient (Wildman–Crippen LogP) is 4.13. The summed E-state index contributed by atoms with van der Waals surface area (Å²) in [5.41, 5.74) is 3.77. The number of hydrogen-bond acceptors (Lipinski definition) is 4. The molecule has 0 fully saturated rings. The van der Waals surface area contributed by atoms with Crippen LogP contribution in [0, 0.1) is 13.8 Å². The van der Waals surface area contributed by atoms with E-state index in [0.717, 1.165) is 22.1 Å². The van der Waals surface area contributed by atoms with Crippen molar-refractivity contribution in [1.29, 1.82) is 0 Å². The number of halogens is 1. The molecule has 0 aliphatic rings. The van der Waals surface area contributed by atoms with Gasteiger partial charge in [0.15, 0.2) is 0 Å². The van der Waals surface area contributed by atoms with Gasteiger partial charge >= 0.3 is 5.63 Å². The quantitative estimate of drug-likeness (QED) is 0.672. The minimum atomic E-state index is -0.384. The third-order valence-corrected chi connectivity index (χ3v) is 4.75. The SMILES string of the molecule is Cc1ccc2c(CN(C)CC(=O)Nc3ccc(Cl)cc3)cc(=O)oc2c1C. The van der Waals surface area contributed by atoms with Crippen molar-refractivity contribution in [2.75, 3.05) is 18.9 Å². The van der Waals surface area contributed by atoms with Gasteiger partial charge in [0.2, 0.25) is 5.91 Å². The van der Waals surface area contributed by atoms with Crippen LogP contribution in [0.15, 0.2) is 51.7 Å². The Morgan fingerprint density at radius 2 is 1.85 bits per heavy atom. The van der Waals surface area contributed by atoms with Crippen molar-refractivity contribution in [3.8, 4) is 0 Å². The number of fused-ring (bicyclic) bond motifs is 1. The van der Waals surface area contributed by atoms with Crippen LogP contribution in [0.5, 0.6) is 0 Å². The molecule has 0 spiro atoms. The third-order valence-electron chi connectivity index (χ3n) is 4.50. The summed E-state index contributed by atoms with van der Waals surface area (Å²) in [6, 6.07) is 12.4. The molecule has 0 unspecified atom stereocenters. The number of nitrogens with zero attached hydrogens (tertiary/aromatic N) is 1. The maximum Gasteiger partial charge on any atom is 0.336 e. The number of nitrogens with one attached hydrogen (secondary N) is 1. The average molecular weight is 385 g/mol. The molecule has 1 aromatic heterocycles. The Morgan fingerprint density at radius 3 is 2.56 bits per heavy atom. The second-order valence-electron chi connectivity index (χ2n) is 6.70. The van der Waals surface area contributed by atoms with E-state index in [-0.39, 0.29) is 18.1 Å². The van der Waals surface area contributed by atoms with Gasteiger partial charge < -0.3 is 9.73 Å². The maximum atomic E-state index is 12.3. The summed E-state index contributed by atoms with van der Waals surface area (Å²) in [6.07, 6.45) is 0. The molecular formula is C21H21ClN2O3. The van der Waals surface area contributed by atoms with Crippen LogP contribution in [0.3, 0.4) is 0 Å². The molecule has 2 aromatic carbocycles. The number of carbonyl (C=O) groups excluding carboxylic acids is 1. The first kappa shape index (κ1) is 19.1. The Morgan fingerprint density at radius 1 is 1.15 bits per heavy atom. The van der Waals surface area contributed by atoms with Gasteiger partial charge in [-0.15, -0.1) is 0 Å². The van der Waals surface area contributed by atoms with E-state index in [9.17, 15) is 9.59 Å².